The lowest BCUT2D eigenvalue weighted by Crippen LogP contribution is -2.41. The highest BCUT2D eigenvalue weighted by Crippen LogP contribution is 2.37. The fourth-order valence-electron chi connectivity index (χ4n) is 5.11. The molecule has 2 aliphatic heterocycles. The highest BCUT2D eigenvalue weighted by atomic mass is 16.2. The summed E-state index contributed by atoms with van der Waals surface area (Å²) in [4.78, 5) is 32.1. The summed E-state index contributed by atoms with van der Waals surface area (Å²) in [6.45, 7) is 3.27. The van der Waals surface area contributed by atoms with E-state index in [0.717, 1.165) is 37.2 Å². The van der Waals surface area contributed by atoms with Gasteiger partial charge in [0.25, 0.3) is 5.56 Å². The second kappa shape index (κ2) is 8.73. The summed E-state index contributed by atoms with van der Waals surface area (Å²) in [6.07, 6.45) is 15.8. The molecule has 1 amide bonds. The van der Waals surface area contributed by atoms with Crippen molar-refractivity contribution in [1.29, 1.82) is 0 Å². The Morgan fingerprint density at radius 2 is 2.16 bits per heavy atom. The van der Waals surface area contributed by atoms with Crippen LogP contribution >= 0.6 is 0 Å². The minimum absolute atomic E-state index is 0.00957. The molecule has 1 N–H and O–H groups in total. The van der Waals surface area contributed by atoms with E-state index in [1.165, 1.54) is 33.9 Å². The number of nitrogens with zero attached hydrogens (tertiary/aromatic N) is 4. The zero-order valence-electron chi connectivity index (χ0n) is 18.5. The zero-order chi connectivity index (χ0) is 22.1. The fourth-order valence-corrected chi connectivity index (χ4v) is 5.11. The lowest BCUT2D eigenvalue weighted by atomic mass is 9.83. The number of carbonyl (C=O) groups is 1. The molecule has 0 radical (unpaired) electrons. The average molecular weight is 432 g/mol. The van der Waals surface area contributed by atoms with E-state index < -0.39 is 0 Å². The van der Waals surface area contributed by atoms with Crippen molar-refractivity contribution in [3.63, 3.8) is 0 Å². The van der Waals surface area contributed by atoms with Crippen molar-refractivity contribution in [3.05, 3.63) is 69.8 Å². The van der Waals surface area contributed by atoms with Crippen LogP contribution in [-0.2, 0) is 11.3 Å². The number of fused-ring (bicyclic) bond motifs is 1. The van der Waals surface area contributed by atoms with Crippen LogP contribution in [0.25, 0.3) is 5.57 Å². The molecule has 0 aromatic carbocycles. The Bertz CT molecular complexity index is 1140. The number of aliphatic imine (C=N–C) groups is 1. The van der Waals surface area contributed by atoms with Crippen LogP contribution in [0, 0.1) is 5.92 Å². The number of carbonyl (C=O) groups excluding carboxylic acids is 1. The molecular weight excluding hydrogens is 402 g/mol. The number of amidine groups is 1. The Morgan fingerprint density at radius 3 is 2.94 bits per heavy atom. The van der Waals surface area contributed by atoms with Gasteiger partial charge < -0.3 is 10.2 Å². The molecule has 4 aliphatic rings. The Labute approximate surface area is 187 Å². The molecule has 1 saturated heterocycles. The number of rotatable bonds is 4. The van der Waals surface area contributed by atoms with Crippen LogP contribution in [0.1, 0.15) is 44.7 Å². The van der Waals surface area contributed by atoms with E-state index in [4.69, 9.17) is 0 Å². The average Bonchev–Trinajstić information content (AvgIpc) is 3.26. The highest BCUT2D eigenvalue weighted by Gasteiger charge is 2.39. The summed E-state index contributed by atoms with van der Waals surface area (Å²) >= 11 is 0. The van der Waals surface area contributed by atoms with Gasteiger partial charge in [-0.3, -0.25) is 14.6 Å². The number of likely N-dealkylation sites (tertiary alicyclic amines) is 1. The van der Waals surface area contributed by atoms with E-state index in [1.807, 2.05) is 24.1 Å². The molecule has 166 valence electrons. The maximum Gasteiger partial charge on any atom is 0.267 e. The van der Waals surface area contributed by atoms with Gasteiger partial charge in [-0.15, -0.1) is 0 Å². The van der Waals surface area contributed by atoms with Crippen LogP contribution in [0.5, 0.6) is 0 Å². The van der Waals surface area contributed by atoms with Gasteiger partial charge >= 0.3 is 0 Å². The molecular formula is C25H29N5O2. The molecule has 1 fully saturated rings. The van der Waals surface area contributed by atoms with E-state index in [0.29, 0.717) is 13.1 Å². The molecule has 2 aliphatic carbocycles. The SMILES string of the molecule is CC1=NCC(C2=CC=CC3C2CCN3C(=O)Cn2nc(C3=CCCCC3)ccc2=O)=CN1. The highest BCUT2D eigenvalue weighted by molar-refractivity contribution is 5.82. The standard InChI is InChI=1S/C25H29N5O2/c1-17-26-14-19(15-27-17)20-8-5-9-23-21(20)12-13-29(23)25(32)16-30-24(31)11-10-22(28-30)18-6-3-2-4-7-18/h5-6,8-11,14,21,23H,2-4,7,12-13,15-16H2,1H3,(H,26,27). The van der Waals surface area contributed by atoms with Crippen molar-refractivity contribution in [1.82, 2.24) is 20.0 Å². The quantitative estimate of drug-likeness (QED) is 0.795. The van der Waals surface area contributed by atoms with Crippen LogP contribution in [0.15, 0.2) is 63.6 Å². The van der Waals surface area contributed by atoms with Crippen molar-refractivity contribution in [2.75, 3.05) is 13.1 Å². The Morgan fingerprint density at radius 1 is 1.25 bits per heavy atom. The normalized spacial score (nSPS) is 24.7. The van der Waals surface area contributed by atoms with Crippen molar-refractivity contribution in [2.24, 2.45) is 10.9 Å². The first-order valence-electron chi connectivity index (χ1n) is 11.5. The van der Waals surface area contributed by atoms with Gasteiger partial charge in [-0.25, -0.2) is 4.68 Å². The minimum atomic E-state index is -0.235. The number of allylic oxidation sites excluding steroid dienone is 4. The third-order valence-corrected chi connectivity index (χ3v) is 6.84. The number of aromatic nitrogens is 2. The summed E-state index contributed by atoms with van der Waals surface area (Å²) < 4.78 is 1.33. The lowest BCUT2D eigenvalue weighted by molar-refractivity contribution is -0.132. The molecule has 2 unspecified atom stereocenters. The number of hydrogen-bond donors (Lipinski definition) is 1. The van der Waals surface area contributed by atoms with Crippen LogP contribution < -0.4 is 10.9 Å². The molecule has 7 nitrogen and oxygen atoms in total. The predicted octanol–water partition coefficient (Wildman–Crippen LogP) is 2.82. The molecule has 2 atom stereocenters. The largest absolute Gasteiger partial charge is 0.350 e. The molecule has 0 bridgehead atoms. The van der Waals surface area contributed by atoms with Crippen molar-refractivity contribution >= 4 is 17.3 Å². The topological polar surface area (TPSA) is 79.6 Å². The van der Waals surface area contributed by atoms with Crippen LogP contribution in [0.4, 0.5) is 0 Å². The first-order chi connectivity index (χ1) is 15.6. The second-order valence-corrected chi connectivity index (χ2v) is 8.88. The monoisotopic (exact) mass is 431 g/mol. The molecule has 0 saturated carbocycles. The van der Waals surface area contributed by atoms with Crippen LogP contribution in [0.3, 0.4) is 0 Å². The first-order valence-corrected chi connectivity index (χ1v) is 11.5. The molecule has 32 heavy (non-hydrogen) atoms. The summed E-state index contributed by atoms with van der Waals surface area (Å²) in [5, 5.41) is 7.74. The lowest BCUT2D eigenvalue weighted by Gasteiger charge is -2.30. The van der Waals surface area contributed by atoms with E-state index in [-0.39, 0.29) is 30.0 Å². The van der Waals surface area contributed by atoms with E-state index in [9.17, 15) is 9.59 Å². The third-order valence-electron chi connectivity index (χ3n) is 6.84. The summed E-state index contributed by atoms with van der Waals surface area (Å²) in [5.41, 5.74) is 4.18. The van der Waals surface area contributed by atoms with Crippen LogP contribution in [-0.4, -0.2) is 45.6 Å². The summed E-state index contributed by atoms with van der Waals surface area (Å²) in [6, 6.07) is 3.32. The van der Waals surface area contributed by atoms with E-state index in [1.54, 1.807) is 6.07 Å². The van der Waals surface area contributed by atoms with Crippen molar-refractivity contribution < 1.29 is 4.79 Å². The Kier molecular flexibility index (Phi) is 5.64. The van der Waals surface area contributed by atoms with Gasteiger partial charge in [0.2, 0.25) is 5.91 Å². The minimum Gasteiger partial charge on any atom is -0.350 e. The second-order valence-electron chi connectivity index (χ2n) is 8.88. The molecule has 7 heteroatoms. The van der Waals surface area contributed by atoms with Gasteiger partial charge in [0.15, 0.2) is 0 Å². The van der Waals surface area contributed by atoms with Gasteiger partial charge in [-0.1, -0.05) is 24.3 Å². The Balaban J connectivity index is 1.31. The number of hydrogen-bond acceptors (Lipinski definition) is 5. The molecule has 3 heterocycles. The summed E-state index contributed by atoms with van der Waals surface area (Å²) in [5.74, 6) is 1.12. The van der Waals surface area contributed by atoms with Gasteiger partial charge in [-0.05, 0) is 61.8 Å². The maximum atomic E-state index is 13.2. The predicted molar refractivity (Wildman–Crippen MR) is 125 cm³/mol. The Hall–Kier alpha value is -3.22. The third kappa shape index (κ3) is 3.99. The molecule has 1 aromatic rings. The van der Waals surface area contributed by atoms with Gasteiger partial charge in [-0.2, -0.15) is 5.10 Å². The first kappa shape index (κ1) is 20.7. The van der Waals surface area contributed by atoms with Gasteiger partial charge in [0.05, 0.1) is 24.1 Å². The van der Waals surface area contributed by atoms with Gasteiger partial charge in [0.1, 0.15) is 6.54 Å². The van der Waals surface area contributed by atoms with Crippen LogP contribution in [0.2, 0.25) is 0 Å². The summed E-state index contributed by atoms with van der Waals surface area (Å²) in [7, 11) is 0. The molecule has 5 rings (SSSR count). The smallest absolute Gasteiger partial charge is 0.267 e. The zero-order valence-corrected chi connectivity index (χ0v) is 18.5. The number of amides is 1. The fraction of sp³-hybridized carbons (Fsp3) is 0.440. The van der Waals surface area contributed by atoms with E-state index in [2.05, 4.69) is 33.6 Å². The van der Waals surface area contributed by atoms with Crippen molar-refractivity contribution in [3.8, 4) is 0 Å². The number of nitrogens with one attached hydrogen (secondary N) is 1. The van der Waals surface area contributed by atoms with Crippen molar-refractivity contribution in [2.45, 2.75) is 51.6 Å². The molecule has 1 aromatic heterocycles. The van der Waals surface area contributed by atoms with E-state index >= 15 is 0 Å². The maximum absolute atomic E-state index is 13.2. The molecule has 0 spiro atoms. The van der Waals surface area contributed by atoms with Gasteiger partial charge in [0, 0.05) is 24.7 Å².